The molecule has 0 aromatic heterocycles. The van der Waals surface area contributed by atoms with E-state index in [4.69, 9.17) is 0 Å². The molecule has 3 rings (SSSR count). The molecule has 3 aromatic carbocycles. The molecule has 4 N–H and O–H groups in total. The lowest BCUT2D eigenvalue weighted by molar-refractivity contribution is 0.0634. The summed E-state index contributed by atoms with van der Waals surface area (Å²) < 4.78 is 0. The molecular weight excluding hydrogens is 344 g/mol. The summed E-state index contributed by atoms with van der Waals surface area (Å²) in [6, 6.07) is 8.03. The predicted molar refractivity (Wildman–Crippen MR) is 89.3 cm³/mol. The van der Waals surface area contributed by atoms with Crippen LogP contribution in [-0.2, 0) is 0 Å². The average Bonchev–Trinajstić information content (AvgIpc) is 2.58. The van der Waals surface area contributed by atoms with E-state index in [9.17, 15) is 39.6 Å². The normalized spacial score (nSPS) is 10.8. The summed E-state index contributed by atoms with van der Waals surface area (Å²) in [7, 11) is 0. The van der Waals surface area contributed by atoms with Crippen LogP contribution in [-0.4, -0.2) is 44.3 Å². The second kappa shape index (κ2) is 5.85. The van der Waals surface area contributed by atoms with Gasteiger partial charge in [-0.25, -0.2) is 19.2 Å². The number of benzene rings is 3. The van der Waals surface area contributed by atoms with Crippen LogP contribution in [0.25, 0.3) is 21.5 Å². The third-order valence-corrected chi connectivity index (χ3v) is 4.07. The molecule has 0 aliphatic carbocycles. The summed E-state index contributed by atoms with van der Waals surface area (Å²) >= 11 is 0. The highest BCUT2D eigenvalue weighted by Gasteiger charge is 2.27. The lowest BCUT2D eigenvalue weighted by Crippen LogP contribution is -2.15. The molecule has 0 fully saturated rings. The van der Waals surface area contributed by atoms with Gasteiger partial charge in [0, 0.05) is 0 Å². The van der Waals surface area contributed by atoms with Gasteiger partial charge in [-0.1, -0.05) is 24.3 Å². The Morgan fingerprint density at radius 1 is 0.538 bits per heavy atom. The smallest absolute Gasteiger partial charge is 0.337 e. The van der Waals surface area contributed by atoms with Gasteiger partial charge < -0.3 is 20.4 Å². The van der Waals surface area contributed by atoms with Crippen molar-refractivity contribution in [3.63, 3.8) is 0 Å². The monoisotopic (exact) mass is 354 g/mol. The molecule has 26 heavy (non-hydrogen) atoms. The Morgan fingerprint density at radius 2 is 1.12 bits per heavy atom. The lowest BCUT2D eigenvalue weighted by atomic mass is 9.90. The molecule has 0 aliphatic rings. The number of carbonyl (C=O) groups is 4. The van der Waals surface area contributed by atoms with Gasteiger partial charge >= 0.3 is 23.9 Å². The van der Waals surface area contributed by atoms with Crippen LogP contribution in [0.1, 0.15) is 41.4 Å². The molecule has 0 saturated carbocycles. The zero-order valence-corrected chi connectivity index (χ0v) is 12.9. The Kier molecular flexibility index (Phi) is 3.80. The molecule has 8 nitrogen and oxygen atoms in total. The number of aromatic carboxylic acids is 4. The molecule has 0 spiro atoms. The molecule has 0 bridgehead atoms. The fourth-order valence-corrected chi connectivity index (χ4v) is 3.04. The second-order valence-corrected chi connectivity index (χ2v) is 5.46. The summed E-state index contributed by atoms with van der Waals surface area (Å²) in [4.78, 5) is 46.1. The molecule has 0 aliphatic heterocycles. The van der Waals surface area contributed by atoms with Crippen LogP contribution in [0, 0.1) is 0 Å². The summed E-state index contributed by atoms with van der Waals surface area (Å²) in [6.07, 6.45) is 0. The van der Waals surface area contributed by atoms with Crippen LogP contribution in [0.3, 0.4) is 0 Å². The van der Waals surface area contributed by atoms with E-state index < -0.39 is 40.6 Å². The van der Waals surface area contributed by atoms with Gasteiger partial charge in [0.25, 0.3) is 0 Å². The maximum Gasteiger partial charge on any atom is 0.337 e. The molecule has 0 saturated heterocycles. The maximum absolute atomic E-state index is 11.7. The maximum atomic E-state index is 11.7. The summed E-state index contributed by atoms with van der Waals surface area (Å²) in [5, 5.41) is 38.2. The number of hydrogen-bond donors (Lipinski definition) is 4. The highest BCUT2D eigenvalue weighted by molar-refractivity contribution is 6.22. The largest absolute Gasteiger partial charge is 0.478 e. The van der Waals surface area contributed by atoms with E-state index in [1.807, 2.05) is 0 Å². The van der Waals surface area contributed by atoms with Gasteiger partial charge in [-0.3, -0.25) is 0 Å². The highest BCUT2D eigenvalue weighted by atomic mass is 16.4. The van der Waals surface area contributed by atoms with Crippen molar-refractivity contribution in [3.05, 3.63) is 58.7 Å². The Labute approximate surface area is 144 Å². The molecular formula is C18H10O8. The minimum atomic E-state index is -1.68. The van der Waals surface area contributed by atoms with E-state index >= 15 is 0 Å². The van der Waals surface area contributed by atoms with Crippen LogP contribution in [0.5, 0.6) is 0 Å². The van der Waals surface area contributed by atoms with E-state index in [0.29, 0.717) is 5.39 Å². The summed E-state index contributed by atoms with van der Waals surface area (Å²) in [5.41, 5.74) is -2.21. The lowest BCUT2D eigenvalue weighted by Gasteiger charge is -2.13. The van der Waals surface area contributed by atoms with Gasteiger partial charge in [-0.15, -0.1) is 0 Å². The third kappa shape index (κ3) is 2.40. The highest BCUT2D eigenvalue weighted by Crippen LogP contribution is 2.33. The predicted octanol–water partition coefficient (Wildman–Crippen LogP) is 2.79. The first kappa shape index (κ1) is 16.9. The average molecular weight is 354 g/mol. The van der Waals surface area contributed by atoms with Crippen molar-refractivity contribution in [1.82, 2.24) is 0 Å². The Morgan fingerprint density at radius 3 is 1.65 bits per heavy atom. The van der Waals surface area contributed by atoms with Crippen molar-refractivity contribution in [2.24, 2.45) is 0 Å². The molecule has 130 valence electrons. The molecule has 0 unspecified atom stereocenters. The van der Waals surface area contributed by atoms with Gasteiger partial charge in [0.2, 0.25) is 0 Å². The van der Waals surface area contributed by atoms with Crippen molar-refractivity contribution in [1.29, 1.82) is 0 Å². The van der Waals surface area contributed by atoms with Gasteiger partial charge in [0.15, 0.2) is 0 Å². The first-order valence-electron chi connectivity index (χ1n) is 7.19. The fourth-order valence-electron chi connectivity index (χ4n) is 3.04. The number of hydrogen-bond acceptors (Lipinski definition) is 4. The summed E-state index contributed by atoms with van der Waals surface area (Å²) in [5.74, 6) is -6.07. The van der Waals surface area contributed by atoms with E-state index in [1.165, 1.54) is 30.3 Å². The third-order valence-electron chi connectivity index (χ3n) is 4.07. The van der Waals surface area contributed by atoms with Crippen LogP contribution < -0.4 is 0 Å². The van der Waals surface area contributed by atoms with Crippen molar-refractivity contribution in [2.75, 3.05) is 0 Å². The van der Waals surface area contributed by atoms with E-state index in [0.717, 1.165) is 6.07 Å². The first-order chi connectivity index (χ1) is 12.2. The minimum absolute atomic E-state index is 0.00920. The number of rotatable bonds is 4. The van der Waals surface area contributed by atoms with Crippen molar-refractivity contribution in [3.8, 4) is 0 Å². The molecule has 0 radical (unpaired) electrons. The first-order valence-corrected chi connectivity index (χ1v) is 7.19. The summed E-state index contributed by atoms with van der Waals surface area (Å²) in [6.45, 7) is 0. The number of fused-ring (bicyclic) bond motifs is 3. The van der Waals surface area contributed by atoms with Crippen LogP contribution in [0.2, 0.25) is 0 Å². The van der Waals surface area contributed by atoms with Crippen molar-refractivity contribution < 1.29 is 39.6 Å². The van der Waals surface area contributed by atoms with E-state index in [1.54, 1.807) is 0 Å². The van der Waals surface area contributed by atoms with Gasteiger partial charge in [0.05, 0.1) is 22.3 Å². The standard InChI is InChI=1S/C18H10O8/c19-15(20)10-3-1-2-7-8(10)4-5-9-11(7)6-12(16(21)22)14(18(25)26)13(9)17(23)24/h1-6H,(H,19,20)(H,21,22)(H,23,24)(H,25,26). The molecule has 3 aromatic rings. The van der Waals surface area contributed by atoms with Gasteiger partial charge in [-0.2, -0.15) is 0 Å². The zero-order valence-electron chi connectivity index (χ0n) is 12.9. The molecule has 8 heteroatoms. The van der Waals surface area contributed by atoms with Crippen molar-refractivity contribution in [2.45, 2.75) is 0 Å². The van der Waals surface area contributed by atoms with Crippen molar-refractivity contribution >= 4 is 45.4 Å². The van der Waals surface area contributed by atoms with Gasteiger partial charge in [0.1, 0.15) is 0 Å². The van der Waals surface area contributed by atoms with Crippen LogP contribution >= 0.6 is 0 Å². The van der Waals surface area contributed by atoms with Gasteiger partial charge in [-0.05, 0) is 33.7 Å². The fraction of sp³-hybridized carbons (Fsp3) is 0. The zero-order chi connectivity index (χ0) is 19.2. The molecule has 0 amide bonds. The van der Waals surface area contributed by atoms with Crippen LogP contribution in [0.4, 0.5) is 0 Å². The Balaban J connectivity index is 2.63. The van der Waals surface area contributed by atoms with Crippen LogP contribution in [0.15, 0.2) is 36.4 Å². The number of carboxylic acid groups (broad SMARTS) is 4. The number of carboxylic acids is 4. The van der Waals surface area contributed by atoms with E-state index in [-0.39, 0.29) is 21.7 Å². The topological polar surface area (TPSA) is 149 Å². The quantitative estimate of drug-likeness (QED) is 0.522. The Bertz CT molecular complexity index is 1140. The Hall–Kier alpha value is -3.94. The SMILES string of the molecule is O=C(O)c1cc2c(ccc3c(C(=O)O)cccc32)c(C(=O)O)c1C(=O)O. The second-order valence-electron chi connectivity index (χ2n) is 5.46. The minimum Gasteiger partial charge on any atom is -0.478 e. The molecule has 0 heterocycles. The molecule has 0 atom stereocenters. The van der Waals surface area contributed by atoms with E-state index in [2.05, 4.69) is 0 Å².